The van der Waals surface area contributed by atoms with Gasteiger partial charge in [-0.3, -0.25) is 4.99 Å². The third-order valence-corrected chi connectivity index (χ3v) is 5.16. The molecule has 0 saturated carbocycles. The van der Waals surface area contributed by atoms with Gasteiger partial charge in [-0.1, -0.05) is 42.5 Å². The first-order valence-corrected chi connectivity index (χ1v) is 9.96. The van der Waals surface area contributed by atoms with Gasteiger partial charge in [0.25, 0.3) is 0 Å². The fourth-order valence-electron chi connectivity index (χ4n) is 3.59. The van der Waals surface area contributed by atoms with Crippen molar-refractivity contribution in [3.63, 3.8) is 0 Å². The Morgan fingerprint density at radius 2 is 2.03 bits per heavy atom. The lowest BCUT2D eigenvalue weighted by Gasteiger charge is -2.16. The van der Waals surface area contributed by atoms with Crippen LogP contribution < -0.4 is 15.4 Å². The van der Waals surface area contributed by atoms with Gasteiger partial charge in [0.1, 0.15) is 17.7 Å². The van der Waals surface area contributed by atoms with Crippen LogP contribution in [-0.2, 0) is 19.5 Å². The summed E-state index contributed by atoms with van der Waals surface area (Å²) >= 11 is 0. The van der Waals surface area contributed by atoms with E-state index in [1.54, 1.807) is 7.05 Å². The predicted molar refractivity (Wildman–Crippen MR) is 115 cm³/mol. The molecule has 29 heavy (non-hydrogen) atoms. The second-order valence-electron chi connectivity index (χ2n) is 7.28. The Hall–Kier alpha value is -3.28. The van der Waals surface area contributed by atoms with Crippen LogP contribution in [0.25, 0.3) is 0 Å². The van der Waals surface area contributed by atoms with Gasteiger partial charge < -0.3 is 19.9 Å². The van der Waals surface area contributed by atoms with Gasteiger partial charge in [0.05, 0.1) is 6.54 Å². The molecule has 0 saturated heterocycles. The first-order chi connectivity index (χ1) is 14.2. The predicted octanol–water partition coefficient (Wildman–Crippen LogP) is 2.91. The van der Waals surface area contributed by atoms with Gasteiger partial charge in [-0.05, 0) is 29.7 Å². The van der Waals surface area contributed by atoms with E-state index in [2.05, 4.69) is 61.6 Å². The number of hydrogen-bond donors (Lipinski definition) is 2. The largest absolute Gasteiger partial charge is 0.488 e. The number of aliphatic imine (C=N–C) groups is 1. The molecule has 3 aromatic rings. The van der Waals surface area contributed by atoms with E-state index in [0.717, 1.165) is 30.5 Å². The van der Waals surface area contributed by atoms with E-state index in [1.165, 1.54) is 16.7 Å². The van der Waals surface area contributed by atoms with Crippen LogP contribution in [0.15, 0.2) is 65.9 Å². The molecule has 150 valence electrons. The van der Waals surface area contributed by atoms with Gasteiger partial charge in [-0.2, -0.15) is 0 Å². The summed E-state index contributed by atoms with van der Waals surface area (Å²) in [4.78, 5) is 8.62. The Kier molecular flexibility index (Phi) is 5.79. The number of benzene rings is 2. The smallest absolute Gasteiger partial charge is 0.191 e. The third kappa shape index (κ3) is 4.77. The topological polar surface area (TPSA) is 63.5 Å². The normalized spacial score (nSPS) is 15.7. The van der Waals surface area contributed by atoms with Crippen molar-refractivity contribution in [3.05, 3.63) is 83.4 Å². The second kappa shape index (κ2) is 8.82. The molecular formula is C23H27N5O. The summed E-state index contributed by atoms with van der Waals surface area (Å²) in [6.07, 6.45) is 4.90. The zero-order valence-electron chi connectivity index (χ0n) is 16.9. The molecule has 1 aromatic heterocycles. The summed E-state index contributed by atoms with van der Waals surface area (Å²) in [6.45, 7) is 4.27. The molecule has 0 aliphatic carbocycles. The summed E-state index contributed by atoms with van der Waals surface area (Å²) in [5.74, 6) is 2.79. The average Bonchev–Trinajstić information content (AvgIpc) is 3.34. The molecule has 0 radical (unpaired) electrons. The second-order valence-corrected chi connectivity index (χ2v) is 7.28. The molecule has 2 N–H and O–H groups in total. The maximum absolute atomic E-state index is 5.99. The summed E-state index contributed by atoms with van der Waals surface area (Å²) in [6, 6.07) is 16.8. The van der Waals surface area contributed by atoms with E-state index in [0.29, 0.717) is 13.1 Å². The Bertz CT molecular complexity index is 969. The maximum Gasteiger partial charge on any atom is 0.191 e. The van der Waals surface area contributed by atoms with Gasteiger partial charge in [-0.25, -0.2) is 4.98 Å². The summed E-state index contributed by atoms with van der Waals surface area (Å²) in [5, 5.41) is 6.77. The number of para-hydroxylation sites is 1. The van der Waals surface area contributed by atoms with Crippen LogP contribution in [0.3, 0.4) is 0 Å². The average molecular weight is 390 g/mol. The summed E-state index contributed by atoms with van der Waals surface area (Å²) in [5.41, 5.74) is 3.74. The molecule has 1 aliphatic heterocycles. The van der Waals surface area contributed by atoms with E-state index >= 15 is 0 Å². The van der Waals surface area contributed by atoms with Gasteiger partial charge in [-0.15, -0.1) is 0 Å². The van der Waals surface area contributed by atoms with Crippen LogP contribution in [-0.4, -0.2) is 35.2 Å². The lowest BCUT2D eigenvalue weighted by atomic mass is 10.1. The number of nitrogens with zero attached hydrogens (tertiary/aromatic N) is 3. The Labute approximate surface area is 171 Å². The number of aromatic nitrogens is 2. The minimum atomic E-state index is 0.132. The lowest BCUT2D eigenvalue weighted by molar-refractivity contribution is 0.235. The van der Waals surface area contributed by atoms with Gasteiger partial charge in [0.2, 0.25) is 0 Å². The number of imidazole rings is 1. The number of guanidine groups is 1. The SMILES string of the molecule is CN=C(NCc1cccc(Cn2ccnc2C)c1)NCC1Cc2ccccc2O1. The first kappa shape index (κ1) is 19.1. The third-order valence-electron chi connectivity index (χ3n) is 5.16. The van der Waals surface area contributed by atoms with Crippen molar-refractivity contribution in [1.82, 2.24) is 20.2 Å². The van der Waals surface area contributed by atoms with Gasteiger partial charge in [0, 0.05) is 39.0 Å². The van der Waals surface area contributed by atoms with Crippen molar-refractivity contribution >= 4 is 5.96 Å². The first-order valence-electron chi connectivity index (χ1n) is 9.96. The number of nitrogens with one attached hydrogen (secondary N) is 2. The molecule has 0 fully saturated rings. The van der Waals surface area contributed by atoms with Crippen LogP contribution in [0.5, 0.6) is 5.75 Å². The maximum atomic E-state index is 5.99. The van der Waals surface area contributed by atoms with E-state index < -0.39 is 0 Å². The highest BCUT2D eigenvalue weighted by molar-refractivity contribution is 5.79. The van der Waals surface area contributed by atoms with E-state index in [4.69, 9.17) is 4.74 Å². The van der Waals surface area contributed by atoms with Crippen LogP contribution in [0.2, 0.25) is 0 Å². The molecular weight excluding hydrogens is 362 g/mol. The van der Waals surface area contributed by atoms with Crippen molar-refractivity contribution in [1.29, 1.82) is 0 Å². The number of rotatable bonds is 6. The zero-order valence-corrected chi connectivity index (χ0v) is 16.9. The van der Waals surface area contributed by atoms with Crippen LogP contribution >= 0.6 is 0 Å². The van der Waals surface area contributed by atoms with Gasteiger partial charge >= 0.3 is 0 Å². The molecule has 2 heterocycles. The van der Waals surface area contributed by atoms with E-state index in [9.17, 15) is 0 Å². The molecule has 1 atom stereocenters. The van der Waals surface area contributed by atoms with Crippen molar-refractivity contribution in [2.24, 2.45) is 4.99 Å². The highest BCUT2D eigenvalue weighted by atomic mass is 16.5. The molecule has 0 bridgehead atoms. The quantitative estimate of drug-likeness (QED) is 0.503. The van der Waals surface area contributed by atoms with E-state index in [-0.39, 0.29) is 6.10 Å². The minimum Gasteiger partial charge on any atom is -0.488 e. The molecule has 6 heteroatoms. The summed E-state index contributed by atoms with van der Waals surface area (Å²) in [7, 11) is 1.79. The number of fused-ring (bicyclic) bond motifs is 1. The fraction of sp³-hybridized carbons (Fsp3) is 0.304. The monoisotopic (exact) mass is 389 g/mol. The van der Waals surface area contributed by atoms with Crippen molar-refractivity contribution in [3.8, 4) is 5.75 Å². The van der Waals surface area contributed by atoms with Crippen LogP contribution in [0.1, 0.15) is 22.5 Å². The number of hydrogen-bond acceptors (Lipinski definition) is 3. The molecule has 2 aromatic carbocycles. The molecule has 1 aliphatic rings. The van der Waals surface area contributed by atoms with Crippen molar-refractivity contribution in [2.45, 2.75) is 32.5 Å². The van der Waals surface area contributed by atoms with Crippen LogP contribution in [0.4, 0.5) is 0 Å². The Balaban J connectivity index is 1.28. The van der Waals surface area contributed by atoms with Crippen molar-refractivity contribution in [2.75, 3.05) is 13.6 Å². The summed E-state index contributed by atoms with van der Waals surface area (Å²) < 4.78 is 8.13. The molecule has 0 spiro atoms. The molecule has 0 amide bonds. The van der Waals surface area contributed by atoms with E-state index in [1.807, 2.05) is 31.5 Å². The Morgan fingerprint density at radius 3 is 2.83 bits per heavy atom. The number of ether oxygens (including phenoxy) is 1. The molecule has 1 unspecified atom stereocenters. The lowest BCUT2D eigenvalue weighted by Crippen LogP contribution is -2.41. The Morgan fingerprint density at radius 1 is 1.17 bits per heavy atom. The molecule has 4 rings (SSSR count). The zero-order chi connectivity index (χ0) is 20.1. The van der Waals surface area contributed by atoms with Crippen LogP contribution in [0, 0.1) is 6.92 Å². The standard InChI is InChI=1S/C23H27N5O/c1-17-25-10-11-28(17)16-19-7-5-6-18(12-19)14-26-23(24-2)27-15-21-13-20-8-3-4-9-22(20)29-21/h3-12,21H,13-16H2,1-2H3,(H2,24,26,27). The van der Waals surface area contributed by atoms with Crippen molar-refractivity contribution < 1.29 is 4.74 Å². The number of aryl methyl sites for hydroxylation is 1. The van der Waals surface area contributed by atoms with Gasteiger partial charge in [0.15, 0.2) is 5.96 Å². The molecule has 6 nitrogen and oxygen atoms in total. The highest BCUT2D eigenvalue weighted by Crippen LogP contribution is 2.27. The minimum absolute atomic E-state index is 0.132. The highest BCUT2D eigenvalue weighted by Gasteiger charge is 2.22. The fourth-order valence-corrected chi connectivity index (χ4v) is 3.59.